The van der Waals surface area contributed by atoms with Gasteiger partial charge in [-0.05, 0) is 46.1 Å². The molecule has 3 nitrogen and oxygen atoms in total. The Bertz CT molecular complexity index is 277. The summed E-state index contributed by atoms with van der Waals surface area (Å²) in [6.45, 7) is 4.97. The van der Waals surface area contributed by atoms with Gasteiger partial charge in [0, 0.05) is 24.4 Å². The molecule has 1 saturated carbocycles. The fourth-order valence-electron chi connectivity index (χ4n) is 3.45. The van der Waals surface area contributed by atoms with Crippen molar-refractivity contribution in [3.05, 3.63) is 0 Å². The smallest absolute Gasteiger partial charge is 0.137 e. The van der Waals surface area contributed by atoms with Crippen LogP contribution in [-0.4, -0.2) is 40.5 Å². The van der Waals surface area contributed by atoms with Gasteiger partial charge in [0.25, 0.3) is 0 Å². The van der Waals surface area contributed by atoms with E-state index in [9.17, 15) is 9.90 Å². The van der Waals surface area contributed by atoms with Gasteiger partial charge in [-0.15, -0.1) is 0 Å². The van der Waals surface area contributed by atoms with Crippen molar-refractivity contribution in [2.45, 2.75) is 70.6 Å². The van der Waals surface area contributed by atoms with E-state index in [2.05, 4.69) is 11.8 Å². The standard InChI is InChI=1S/C14H25NO2/c1-10(11(2)16)15-9-5-7-13(15)12-6-3-4-8-14(12)17/h10-13,16H,3-9H2,1-2H3. The van der Waals surface area contributed by atoms with Gasteiger partial charge in [-0.2, -0.15) is 0 Å². The number of ketones is 1. The molecule has 4 atom stereocenters. The maximum absolute atomic E-state index is 12.0. The Morgan fingerprint density at radius 3 is 2.65 bits per heavy atom. The molecule has 0 aromatic carbocycles. The molecule has 2 aliphatic rings. The van der Waals surface area contributed by atoms with Crippen molar-refractivity contribution in [2.24, 2.45) is 5.92 Å². The van der Waals surface area contributed by atoms with Crippen LogP contribution in [0.25, 0.3) is 0 Å². The van der Waals surface area contributed by atoms with Gasteiger partial charge in [0.1, 0.15) is 5.78 Å². The minimum atomic E-state index is -0.311. The molecule has 0 radical (unpaired) electrons. The normalized spacial score (nSPS) is 34.9. The van der Waals surface area contributed by atoms with E-state index in [0.29, 0.717) is 11.8 Å². The molecule has 0 aromatic heterocycles. The zero-order valence-electron chi connectivity index (χ0n) is 11.1. The average molecular weight is 239 g/mol. The van der Waals surface area contributed by atoms with E-state index >= 15 is 0 Å². The average Bonchev–Trinajstić information content (AvgIpc) is 2.77. The number of likely N-dealkylation sites (tertiary alicyclic amines) is 1. The van der Waals surface area contributed by atoms with Crippen molar-refractivity contribution in [1.29, 1.82) is 0 Å². The highest BCUT2D eigenvalue weighted by molar-refractivity contribution is 5.82. The third-order valence-electron chi connectivity index (χ3n) is 4.63. The first kappa shape index (κ1) is 13.0. The van der Waals surface area contributed by atoms with Gasteiger partial charge in [0.2, 0.25) is 0 Å². The largest absolute Gasteiger partial charge is 0.392 e. The number of rotatable bonds is 3. The number of aliphatic hydroxyl groups excluding tert-OH is 1. The molecule has 0 aromatic rings. The lowest BCUT2D eigenvalue weighted by Crippen LogP contribution is -2.48. The lowest BCUT2D eigenvalue weighted by atomic mass is 9.81. The van der Waals surface area contributed by atoms with E-state index in [-0.39, 0.29) is 18.1 Å². The summed E-state index contributed by atoms with van der Waals surface area (Å²) < 4.78 is 0. The number of Topliss-reactive ketones (excluding diaryl/α,β-unsaturated/α-hetero) is 1. The summed E-state index contributed by atoms with van der Waals surface area (Å²) in [5.74, 6) is 0.707. The maximum Gasteiger partial charge on any atom is 0.137 e. The highest BCUT2D eigenvalue weighted by atomic mass is 16.3. The molecule has 3 heteroatoms. The predicted octanol–water partition coefficient (Wildman–Crippen LogP) is 1.98. The van der Waals surface area contributed by atoms with E-state index in [1.165, 1.54) is 12.8 Å². The van der Waals surface area contributed by atoms with Crippen LogP contribution in [0.2, 0.25) is 0 Å². The SMILES string of the molecule is CC(O)C(C)N1CCCC1C1CCCCC1=O. The lowest BCUT2D eigenvalue weighted by molar-refractivity contribution is -0.127. The van der Waals surface area contributed by atoms with Crippen molar-refractivity contribution in [1.82, 2.24) is 4.90 Å². The lowest BCUT2D eigenvalue weighted by Gasteiger charge is -2.37. The van der Waals surface area contributed by atoms with E-state index in [0.717, 1.165) is 32.2 Å². The molecule has 0 bridgehead atoms. The van der Waals surface area contributed by atoms with Crippen molar-refractivity contribution in [3.8, 4) is 0 Å². The number of hydrogen-bond acceptors (Lipinski definition) is 3. The first-order valence-electron chi connectivity index (χ1n) is 7.08. The molecule has 1 aliphatic heterocycles. The highest BCUT2D eigenvalue weighted by Crippen LogP contribution is 2.33. The third kappa shape index (κ3) is 2.71. The van der Waals surface area contributed by atoms with Crippen molar-refractivity contribution >= 4 is 5.78 Å². The molecule has 0 amide bonds. The number of carbonyl (C=O) groups is 1. The Morgan fingerprint density at radius 2 is 2.00 bits per heavy atom. The van der Waals surface area contributed by atoms with Gasteiger partial charge in [0.15, 0.2) is 0 Å². The number of nitrogens with zero attached hydrogens (tertiary/aromatic N) is 1. The number of carbonyl (C=O) groups excluding carboxylic acids is 1. The van der Waals surface area contributed by atoms with Gasteiger partial charge in [-0.1, -0.05) is 6.42 Å². The van der Waals surface area contributed by atoms with Crippen LogP contribution in [0.4, 0.5) is 0 Å². The second-order valence-electron chi connectivity index (χ2n) is 5.75. The zero-order valence-corrected chi connectivity index (χ0v) is 11.1. The molecule has 2 fully saturated rings. The number of hydrogen-bond donors (Lipinski definition) is 1. The summed E-state index contributed by atoms with van der Waals surface area (Å²) in [6.07, 6.45) is 6.11. The zero-order chi connectivity index (χ0) is 12.4. The molecule has 1 aliphatic carbocycles. The highest BCUT2D eigenvalue weighted by Gasteiger charge is 2.39. The Labute approximate surface area is 104 Å². The van der Waals surface area contributed by atoms with Gasteiger partial charge < -0.3 is 5.11 Å². The summed E-state index contributed by atoms with van der Waals surface area (Å²) in [5, 5.41) is 9.74. The topological polar surface area (TPSA) is 40.5 Å². The van der Waals surface area contributed by atoms with Gasteiger partial charge in [-0.3, -0.25) is 9.69 Å². The fourth-order valence-corrected chi connectivity index (χ4v) is 3.45. The summed E-state index contributed by atoms with van der Waals surface area (Å²) in [7, 11) is 0. The van der Waals surface area contributed by atoms with Gasteiger partial charge in [0.05, 0.1) is 6.10 Å². The van der Waals surface area contributed by atoms with E-state index in [4.69, 9.17) is 0 Å². The van der Waals surface area contributed by atoms with E-state index < -0.39 is 0 Å². The Kier molecular flexibility index (Phi) is 4.21. The molecular weight excluding hydrogens is 214 g/mol. The van der Waals surface area contributed by atoms with Crippen LogP contribution in [0.15, 0.2) is 0 Å². The van der Waals surface area contributed by atoms with Crippen LogP contribution in [0.3, 0.4) is 0 Å². The second kappa shape index (κ2) is 5.49. The minimum absolute atomic E-state index is 0.178. The quantitative estimate of drug-likeness (QED) is 0.818. The van der Waals surface area contributed by atoms with Crippen LogP contribution in [0, 0.1) is 5.92 Å². The molecule has 17 heavy (non-hydrogen) atoms. The van der Waals surface area contributed by atoms with Crippen LogP contribution in [0.1, 0.15) is 52.4 Å². The predicted molar refractivity (Wildman–Crippen MR) is 67.8 cm³/mol. The van der Waals surface area contributed by atoms with E-state index in [1.807, 2.05) is 6.92 Å². The van der Waals surface area contributed by atoms with Crippen molar-refractivity contribution < 1.29 is 9.90 Å². The molecule has 1 N–H and O–H groups in total. The third-order valence-corrected chi connectivity index (χ3v) is 4.63. The Balaban J connectivity index is 2.05. The monoisotopic (exact) mass is 239 g/mol. The Morgan fingerprint density at radius 1 is 1.24 bits per heavy atom. The Hall–Kier alpha value is -0.410. The molecule has 1 saturated heterocycles. The van der Waals surface area contributed by atoms with Crippen LogP contribution in [-0.2, 0) is 4.79 Å². The fraction of sp³-hybridized carbons (Fsp3) is 0.929. The van der Waals surface area contributed by atoms with Crippen LogP contribution < -0.4 is 0 Å². The summed E-state index contributed by atoms with van der Waals surface area (Å²) in [5.41, 5.74) is 0. The minimum Gasteiger partial charge on any atom is -0.392 e. The van der Waals surface area contributed by atoms with Crippen molar-refractivity contribution in [2.75, 3.05) is 6.54 Å². The van der Waals surface area contributed by atoms with E-state index in [1.54, 1.807) is 0 Å². The molecule has 2 rings (SSSR count). The molecule has 0 spiro atoms. The number of aliphatic hydroxyl groups is 1. The molecular formula is C14H25NO2. The molecule has 1 heterocycles. The van der Waals surface area contributed by atoms with Gasteiger partial charge >= 0.3 is 0 Å². The summed E-state index contributed by atoms with van der Waals surface area (Å²) in [4.78, 5) is 14.4. The van der Waals surface area contributed by atoms with Crippen LogP contribution in [0.5, 0.6) is 0 Å². The second-order valence-corrected chi connectivity index (χ2v) is 5.75. The van der Waals surface area contributed by atoms with Crippen LogP contribution >= 0.6 is 0 Å². The first-order chi connectivity index (χ1) is 8.11. The van der Waals surface area contributed by atoms with Crippen molar-refractivity contribution in [3.63, 3.8) is 0 Å². The molecule has 98 valence electrons. The molecule has 4 unspecified atom stereocenters. The first-order valence-corrected chi connectivity index (χ1v) is 7.08. The summed E-state index contributed by atoms with van der Waals surface area (Å²) >= 11 is 0. The maximum atomic E-state index is 12.0. The summed E-state index contributed by atoms with van der Waals surface area (Å²) in [6, 6.07) is 0.574. The van der Waals surface area contributed by atoms with Gasteiger partial charge in [-0.25, -0.2) is 0 Å².